The Balaban J connectivity index is 0. The Hall–Kier alpha value is -1.93. The summed E-state index contributed by atoms with van der Waals surface area (Å²) in [7, 11) is 1.91. The summed E-state index contributed by atoms with van der Waals surface area (Å²) in [5, 5.41) is 5.92. The van der Waals surface area contributed by atoms with Gasteiger partial charge in [0.2, 0.25) is 5.91 Å². The summed E-state index contributed by atoms with van der Waals surface area (Å²) in [6, 6.07) is 0. The minimum Gasteiger partial charge on any atom is -0.462 e. The summed E-state index contributed by atoms with van der Waals surface area (Å²) in [6.45, 7) is 11.2. The molecule has 158 valence electrons. The highest BCUT2D eigenvalue weighted by atomic mass is 16.6. The van der Waals surface area contributed by atoms with Gasteiger partial charge in [-0.25, -0.2) is 4.79 Å². The molecule has 0 radical (unpaired) electrons. The number of nitrogens with one attached hydrogen (secondary N) is 2. The Bertz CT molecular complexity index is 455. The molecular weight excluding hydrogens is 350 g/mol. The number of esters is 2. The Morgan fingerprint density at radius 1 is 1.00 bits per heavy atom. The predicted molar refractivity (Wildman–Crippen MR) is 106 cm³/mol. The molecule has 0 atom stereocenters. The van der Waals surface area contributed by atoms with Crippen molar-refractivity contribution in [1.82, 2.24) is 15.5 Å². The topological polar surface area (TPSA) is 97.0 Å². The van der Waals surface area contributed by atoms with Crippen LogP contribution in [-0.2, 0) is 23.9 Å². The molecule has 0 aliphatic heterocycles. The van der Waals surface area contributed by atoms with Crippen molar-refractivity contribution in [2.24, 2.45) is 0 Å². The molecule has 0 aliphatic carbocycles. The van der Waals surface area contributed by atoms with Gasteiger partial charge in [-0.3, -0.25) is 9.59 Å². The molecule has 0 fully saturated rings. The summed E-state index contributed by atoms with van der Waals surface area (Å²) in [5.74, 6) is -1.19. The Labute approximate surface area is 163 Å². The average molecular weight is 388 g/mol. The molecule has 0 aromatic carbocycles. The second-order valence-corrected chi connectivity index (χ2v) is 5.93. The van der Waals surface area contributed by atoms with E-state index in [9.17, 15) is 14.4 Å². The molecule has 0 aromatic rings. The van der Waals surface area contributed by atoms with Crippen LogP contribution in [0.1, 0.15) is 40.5 Å². The summed E-state index contributed by atoms with van der Waals surface area (Å²) in [4.78, 5) is 36.7. The number of carbonyl (C=O) groups is 3. The fourth-order valence-electron chi connectivity index (χ4n) is 2.06. The smallest absolute Gasteiger partial charge is 0.333 e. The van der Waals surface area contributed by atoms with Crippen molar-refractivity contribution in [1.29, 1.82) is 0 Å². The van der Waals surface area contributed by atoms with Crippen LogP contribution >= 0.6 is 0 Å². The minimum absolute atomic E-state index is 0. The van der Waals surface area contributed by atoms with Crippen LogP contribution in [0.5, 0.6) is 0 Å². The van der Waals surface area contributed by atoms with Crippen molar-refractivity contribution < 1.29 is 23.9 Å². The number of carbonyl (C=O) groups excluding carboxylic acids is 3. The monoisotopic (exact) mass is 387 g/mol. The maximum atomic E-state index is 11.8. The van der Waals surface area contributed by atoms with Gasteiger partial charge in [0, 0.05) is 38.2 Å². The number of nitrogens with zero attached hydrogens (tertiary/aromatic N) is 1. The first-order chi connectivity index (χ1) is 12.4. The Kier molecular flexibility index (Phi) is 17.7. The van der Waals surface area contributed by atoms with Crippen molar-refractivity contribution in [2.75, 3.05) is 53.0 Å². The van der Waals surface area contributed by atoms with E-state index in [2.05, 4.69) is 29.0 Å². The van der Waals surface area contributed by atoms with Crippen molar-refractivity contribution >= 4 is 17.8 Å². The van der Waals surface area contributed by atoms with Crippen molar-refractivity contribution in [3.8, 4) is 0 Å². The first-order valence-electron chi connectivity index (χ1n) is 9.02. The minimum atomic E-state index is -0.521. The highest BCUT2D eigenvalue weighted by molar-refractivity contribution is 5.86. The molecule has 8 nitrogen and oxygen atoms in total. The normalized spacial score (nSPS) is 10.1. The molecular formula is C19H37N3O5. The summed E-state index contributed by atoms with van der Waals surface area (Å²) in [6.07, 6.45) is 1.14. The van der Waals surface area contributed by atoms with Crippen LogP contribution in [0.2, 0.25) is 0 Å². The highest BCUT2D eigenvalue weighted by Crippen LogP contribution is 1.96. The van der Waals surface area contributed by atoms with Gasteiger partial charge in [0.15, 0.2) is 0 Å². The molecule has 8 heteroatoms. The van der Waals surface area contributed by atoms with Crippen LogP contribution < -0.4 is 10.6 Å². The first-order valence-corrected chi connectivity index (χ1v) is 9.02. The van der Waals surface area contributed by atoms with Crippen LogP contribution in [-0.4, -0.2) is 75.7 Å². The van der Waals surface area contributed by atoms with Crippen molar-refractivity contribution in [2.45, 2.75) is 40.5 Å². The van der Waals surface area contributed by atoms with Crippen LogP contribution in [0, 0.1) is 0 Å². The molecule has 0 bridgehead atoms. The lowest BCUT2D eigenvalue weighted by Crippen LogP contribution is -2.38. The zero-order valence-electron chi connectivity index (χ0n) is 16.3. The lowest BCUT2D eigenvalue weighted by Gasteiger charge is -2.21. The number of hydrogen-bond acceptors (Lipinski definition) is 7. The van der Waals surface area contributed by atoms with E-state index in [0.29, 0.717) is 6.54 Å². The number of ether oxygens (including phenoxy) is 2. The Morgan fingerprint density at radius 2 is 1.63 bits per heavy atom. The fourth-order valence-corrected chi connectivity index (χ4v) is 2.06. The molecule has 0 aromatic heterocycles. The SMILES string of the molecule is C.C=C(C)C(=O)OCCOC(=O)CCC(=O)NCCN(CCC)CCNC. The van der Waals surface area contributed by atoms with Gasteiger partial charge in [-0.2, -0.15) is 0 Å². The van der Waals surface area contributed by atoms with E-state index in [1.807, 2.05) is 7.05 Å². The van der Waals surface area contributed by atoms with Crippen LogP contribution in [0.3, 0.4) is 0 Å². The highest BCUT2D eigenvalue weighted by Gasteiger charge is 2.09. The third kappa shape index (κ3) is 16.0. The van der Waals surface area contributed by atoms with Crippen LogP contribution in [0.25, 0.3) is 0 Å². The number of amides is 1. The molecule has 2 N–H and O–H groups in total. The molecule has 0 rings (SSSR count). The fraction of sp³-hybridized carbons (Fsp3) is 0.737. The van der Waals surface area contributed by atoms with E-state index in [0.717, 1.165) is 32.6 Å². The predicted octanol–water partition coefficient (Wildman–Crippen LogP) is 1.11. The quantitative estimate of drug-likeness (QED) is 0.247. The maximum absolute atomic E-state index is 11.8. The summed E-state index contributed by atoms with van der Waals surface area (Å²) in [5.41, 5.74) is 0.288. The molecule has 0 heterocycles. The van der Waals surface area contributed by atoms with Gasteiger partial charge < -0.3 is 25.0 Å². The van der Waals surface area contributed by atoms with Crippen LogP contribution in [0.15, 0.2) is 12.2 Å². The lowest BCUT2D eigenvalue weighted by molar-refractivity contribution is -0.150. The molecule has 0 spiro atoms. The van der Waals surface area contributed by atoms with Crippen molar-refractivity contribution in [3.05, 3.63) is 12.2 Å². The van der Waals surface area contributed by atoms with E-state index in [1.165, 1.54) is 6.92 Å². The molecule has 0 saturated carbocycles. The summed E-state index contributed by atoms with van der Waals surface area (Å²) >= 11 is 0. The third-order valence-electron chi connectivity index (χ3n) is 3.45. The molecule has 27 heavy (non-hydrogen) atoms. The van der Waals surface area contributed by atoms with Gasteiger partial charge in [0.1, 0.15) is 13.2 Å². The summed E-state index contributed by atoms with van der Waals surface area (Å²) < 4.78 is 9.70. The maximum Gasteiger partial charge on any atom is 0.333 e. The number of rotatable bonds is 15. The van der Waals surface area contributed by atoms with Gasteiger partial charge in [-0.05, 0) is 26.9 Å². The van der Waals surface area contributed by atoms with Gasteiger partial charge >= 0.3 is 11.9 Å². The Morgan fingerprint density at radius 3 is 2.22 bits per heavy atom. The number of likely N-dealkylation sites (N-methyl/N-ethyl adjacent to an activating group) is 1. The van der Waals surface area contributed by atoms with Crippen LogP contribution in [0.4, 0.5) is 0 Å². The van der Waals surface area contributed by atoms with Gasteiger partial charge in [-0.15, -0.1) is 0 Å². The zero-order chi connectivity index (χ0) is 19.8. The van der Waals surface area contributed by atoms with E-state index in [4.69, 9.17) is 9.47 Å². The second-order valence-electron chi connectivity index (χ2n) is 5.93. The molecule has 1 amide bonds. The van der Waals surface area contributed by atoms with E-state index in [-0.39, 0.29) is 45.0 Å². The third-order valence-corrected chi connectivity index (χ3v) is 3.45. The molecule has 0 saturated heterocycles. The first kappa shape index (κ1) is 27.3. The van der Waals surface area contributed by atoms with Crippen molar-refractivity contribution in [3.63, 3.8) is 0 Å². The lowest BCUT2D eigenvalue weighted by atomic mass is 10.3. The average Bonchev–Trinajstić information content (AvgIpc) is 2.61. The number of hydrogen-bond donors (Lipinski definition) is 2. The second kappa shape index (κ2) is 17.5. The van der Waals surface area contributed by atoms with E-state index in [1.54, 1.807) is 0 Å². The van der Waals surface area contributed by atoms with Gasteiger partial charge in [0.05, 0.1) is 6.42 Å². The van der Waals surface area contributed by atoms with E-state index < -0.39 is 11.9 Å². The standard InChI is InChI=1S/C18H33N3O5.CH4/c1-5-10-21(11-8-19-4)12-9-20-16(22)6-7-17(23)25-13-14-26-18(24)15(2)3;/h19H,2,5-14H2,1,3-4H3,(H,20,22);1H4. The molecule has 0 aliphatic rings. The van der Waals surface area contributed by atoms with Gasteiger partial charge in [0.25, 0.3) is 0 Å². The molecule has 0 unspecified atom stereocenters. The van der Waals surface area contributed by atoms with Gasteiger partial charge in [-0.1, -0.05) is 20.9 Å². The zero-order valence-corrected chi connectivity index (χ0v) is 16.3. The van der Waals surface area contributed by atoms with E-state index >= 15 is 0 Å². The largest absolute Gasteiger partial charge is 0.462 e.